The molecule has 6 heteroatoms. The van der Waals surface area contributed by atoms with Gasteiger partial charge in [0.1, 0.15) is 0 Å². The Bertz CT molecular complexity index is 958. The summed E-state index contributed by atoms with van der Waals surface area (Å²) >= 11 is 0. The third-order valence-electron chi connectivity index (χ3n) is 4.78. The summed E-state index contributed by atoms with van der Waals surface area (Å²) in [7, 11) is -3.91. The minimum atomic E-state index is -3.91. The fraction of sp³-hybridized carbons (Fsp3) is 0.217. The van der Waals surface area contributed by atoms with Crippen LogP contribution in [0.15, 0.2) is 89.8 Å². The average molecular weight is 412 g/mol. The highest BCUT2D eigenvalue weighted by molar-refractivity contribution is 7.89. The topological polar surface area (TPSA) is 77.8 Å². The molecule has 3 aromatic rings. The van der Waals surface area contributed by atoms with Crippen LogP contribution in [0.2, 0.25) is 0 Å². The number of aliphatic hydroxyl groups excluding tert-OH is 2. The molecule has 0 aliphatic rings. The van der Waals surface area contributed by atoms with E-state index in [1.165, 1.54) is 0 Å². The van der Waals surface area contributed by atoms with Gasteiger partial charge in [-0.2, -0.15) is 4.31 Å². The van der Waals surface area contributed by atoms with Gasteiger partial charge in [-0.05, 0) is 30.2 Å². The highest BCUT2D eigenvalue weighted by atomic mass is 32.2. The lowest BCUT2D eigenvalue weighted by Crippen LogP contribution is -2.38. The van der Waals surface area contributed by atoms with E-state index in [1.54, 1.807) is 72.8 Å². The number of aliphatic hydroxyl groups is 2. The lowest BCUT2D eigenvalue weighted by molar-refractivity contribution is 0.108. The molecule has 3 rings (SSSR count). The van der Waals surface area contributed by atoms with Crippen molar-refractivity contribution < 1.29 is 18.6 Å². The molecule has 0 saturated carbocycles. The first-order chi connectivity index (χ1) is 13.9. The van der Waals surface area contributed by atoms with Crippen LogP contribution in [-0.4, -0.2) is 36.0 Å². The molecule has 0 unspecified atom stereocenters. The van der Waals surface area contributed by atoms with Crippen LogP contribution in [0.25, 0.3) is 0 Å². The maximum atomic E-state index is 13.3. The Balaban J connectivity index is 1.91. The van der Waals surface area contributed by atoms with Crippen molar-refractivity contribution in [2.45, 2.75) is 24.0 Å². The van der Waals surface area contributed by atoms with Crippen molar-refractivity contribution in [3.8, 4) is 0 Å². The molecular weight excluding hydrogens is 386 g/mol. The number of benzene rings is 3. The first-order valence-electron chi connectivity index (χ1n) is 9.41. The molecule has 0 aliphatic carbocycles. The van der Waals surface area contributed by atoms with Crippen molar-refractivity contribution in [1.82, 2.24) is 4.31 Å². The van der Waals surface area contributed by atoms with E-state index in [0.29, 0.717) is 11.1 Å². The van der Waals surface area contributed by atoms with Crippen LogP contribution in [0.3, 0.4) is 0 Å². The van der Waals surface area contributed by atoms with E-state index in [4.69, 9.17) is 0 Å². The van der Waals surface area contributed by atoms with E-state index in [0.717, 1.165) is 9.87 Å². The molecule has 0 aromatic heterocycles. The van der Waals surface area contributed by atoms with Crippen molar-refractivity contribution in [1.29, 1.82) is 0 Å². The number of hydrogen-bond acceptors (Lipinski definition) is 4. The first kappa shape index (κ1) is 21.2. The van der Waals surface area contributed by atoms with E-state index in [9.17, 15) is 18.6 Å². The molecule has 29 heavy (non-hydrogen) atoms. The first-order valence-corrected chi connectivity index (χ1v) is 10.8. The van der Waals surface area contributed by atoms with E-state index in [1.807, 2.05) is 19.1 Å². The Morgan fingerprint density at radius 3 is 1.55 bits per heavy atom. The molecule has 0 amide bonds. The Kier molecular flexibility index (Phi) is 6.82. The molecule has 0 heterocycles. The molecule has 0 aliphatic heterocycles. The van der Waals surface area contributed by atoms with Gasteiger partial charge in [-0.1, -0.05) is 78.4 Å². The lowest BCUT2D eigenvalue weighted by Gasteiger charge is -2.27. The van der Waals surface area contributed by atoms with E-state index < -0.39 is 22.2 Å². The van der Waals surface area contributed by atoms with Gasteiger partial charge < -0.3 is 10.2 Å². The Labute approximate surface area is 171 Å². The minimum absolute atomic E-state index is 0.128. The average Bonchev–Trinajstić information content (AvgIpc) is 2.74. The summed E-state index contributed by atoms with van der Waals surface area (Å²) in [6.07, 6.45) is -2.03. The Morgan fingerprint density at radius 1 is 0.724 bits per heavy atom. The predicted molar refractivity (Wildman–Crippen MR) is 113 cm³/mol. The van der Waals surface area contributed by atoms with Gasteiger partial charge in [-0.15, -0.1) is 0 Å². The van der Waals surface area contributed by atoms with Gasteiger partial charge in [0, 0.05) is 13.1 Å². The van der Waals surface area contributed by atoms with Crippen molar-refractivity contribution >= 4 is 10.0 Å². The highest BCUT2D eigenvalue weighted by Gasteiger charge is 2.29. The number of aryl methyl sites for hydroxylation is 1. The molecule has 0 spiro atoms. The smallest absolute Gasteiger partial charge is 0.243 e. The monoisotopic (exact) mass is 411 g/mol. The van der Waals surface area contributed by atoms with Gasteiger partial charge in [0.25, 0.3) is 0 Å². The summed E-state index contributed by atoms with van der Waals surface area (Å²) in [5.74, 6) is 0. The summed E-state index contributed by atoms with van der Waals surface area (Å²) in [6, 6.07) is 24.3. The van der Waals surface area contributed by atoms with Gasteiger partial charge in [-0.3, -0.25) is 0 Å². The molecule has 3 aromatic carbocycles. The zero-order valence-corrected chi connectivity index (χ0v) is 17.0. The van der Waals surface area contributed by atoms with Crippen LogP contribution in [0.4, 0.5) is 0 Å². The Hall–Kier alpha value is -2.51. The fourth-order valence-electron chi connectivity index (χ4n) is 3.08. The van der Waals surface area contributed by atoms with Gasteiger partial charge in [0.15, 0.2) is 0 Å². The van der Waals surface area contributed by atoms with Crippen LogP contribution in [-0.2, 0) is 10.0 Å². The van der Waals surface area contributed by atoms with Crippen molar-refractivity contribution in [2.24, 2.45) is 0 Å². The molecule has 152 valence electrons. The molecule has 2 atom stereocenters. The van der Waals surface area contributed by atoms with Crippen molar-refractivity contribution in [3.05, 3.63) is 102 Å². The standard InChI is InChI=1S/C23H25NO4S/c1-18-12-14-21(15-13-18)29(27,28)24(16-22(25)19-8-4-2-5-9-19)17-23(26)20-10-6-3-7-11-20/h2-15,22-23,25-26H,16-17H2,1H3/t22-,23-/m0/s1. The second kappa shape index (κ2) is 9.33. The van der Waals surface area contributed by atoms with Crippen LogP contribution in [0, 0.1) is 6.92 Å². The zero-order chi connectivity index (χ0) is 20.9. The normalized spacial score (nSPS) is 13.9. The number of nitrogens with zero attached hydrogens (tertiary/aromatic N) is 1. The highest BCUT2D eigenvalue weighted by Crippen LogP contribution is 2.24. The van der Waals surface area contributed by atoms with Crippen LogP contribution >= 0.6 is 0 Å². The van der Waals surface area contributed by atoms with Crippen molar-refractivity contribution in [3.63, 3.8) is 0 Å². The second-order valence-corrected chi connectivity index (χ2v) is 8.93. The molecule has 0 radical (unpaired) electrons. The van der Waals surface area contributed by atoms with Gasteiger partial charge in [-0.25, -0.2) is 8.42 Å². The summed E-state index contributed by atoms with van der Waals surface area (Å²) < 4.78 is 27.7. The van der Waals surface area contributed by atoms with E-state index >= 15 is 0 Å². The largest absolute Gasteiger partial charge is 0.387 e. The number of rotatable bonds is 8. The van der Waals surface area contributed by atoms with Crippen LogP contribution in [0.5, 0.6) is 0 Å². The van der Waals surface area contributed by atoms with E-state index in [-0.39, 0.29) is 18.0 Å². The summed E-state index contributed by atoms with van der Waals surface area (Å²) in [5, 5.41) is 21.3. The van der Waals surface area contributed by atoms with Crippen LogP contribution < -0.4 is 0 Å². The third kappa shape index (κ3) is 5.31. The van der Waals surface area contributed by atoms with E-state index in [2.05, 4.69) is 0 Å². The molecule has 0 saturated heterocycles. The fourth-order valence-corrected chi connectivity index (χ4v) is 4.53. The number of sulfonamides is 1. The quantitative estimate of drug-likeness (QED) is 0.595. The third-order valence-corrected chi connectivity index (χ3v) is 6.63. The second-order valence-electron chi connectivity index (χ2n) is 6.99. The summed E-state index contributed by atoms with van der Waals surface area (Å²) in [4.78, 5) is 0.128. The number of hydrogen-bond donors (Lipinski definition) is 2. The van der Waals surface area contributed by atoms with Crippen molar-refractivity contribution in [2.75, 3.05) is 13.1 Å². The molecular formula is C23H25NO4S. The zero-order valence-electron chi connectivity index (χ0n) is 16.2. The summed E-state index contributed by atoms with van der Waals surface area (Å²) in [5.41, 5.74) is 2.18. The lowest BCUT2D eigenvalue weighted by atomic mass is 10.1. The predicted octanol–water partition coefficient (Wildman–Crippen LogP) is 3.45. The summed E-state index contributed by atoms with van der Waals surface area (Å²) in [6.45, 7) is 1.56. The molecule has 0 fully saturated rings. The van der Waals surface area contributed by atoms with Gasteiger partial charge >= 0.3 is 0 Å². The van der Waals surface area contributed by atoms with Gasteiger partial charge in [0.2, 0.25) is 10.0 Å². The molecule has 0 bridgehead atoms. The molecule has 2 N–H and O–H groups in total. The molecule has 5 nitrogen and oxygen atoms in total. The SMILES string of the molecule is Cc1ccc(S(=O)(=O)N(C[C@H](O)c2ccccc2)C[C@H](O)c2ccccc2)cc1. The minimum Gasteiger partial charge on any atom is -0.387 e. The van der Waals surface area contributed by atoms with Gasteiger partial charge in [0.05, 0.1) is 17.1 Å². The maximum absolute atomic E-state index is 13.3. The van der Waals surface area contributed by atoms with Crippen LogP contribution in [0.1, 0.15) is 28.9 Å². The Morgan fingerprint density at radius 2 is 1.14 bits per heavy atom. The maximum Gasteiger partial charge on any atom is 0.243 e.